The van der Waals surface area contributed by atoms with Crippen LogP contribution >= 0.6 is 0 Å². The Balaban J connectivity index is 0.866. The highest BCUT2D eigenvalue weighted by Crippen LogP contribution is 2.55. The average molecular weight is 786 g/mol. The monoisotopic (exact) mass is 785 g/mol. The zero-order chi connectivity index (χ0) is 40.5. The van der Waals surface area contributed by atoms with Crippen LogP contribution in [-0.4, -0.2) is 87.6 Å². The summed E-state index contributed by atoms with van der Waals surface area (Å²) in [5, 5.41) is 8.77. The molecule has 5 aliphatic rings. The van der Waals surface area contributed by atoms with Gasteiger partial charge in [-0.15, -0.1) is 0 Å². The van der Waals surface area contributed by atoms with Gasteiger partial charge in [-0.1, -0.05) is 62.4 Å². The lowest BCUT2D eigenvalue weighted by molar-refractivity contribution is -0.134. The summed E-state index contributed by atoms with van der Waals surface area (Å²) in [6.07, 6.45) is 7.26. The summed E-state index contributed by atoms with van der Waals surface area (Å²) in [6.45, 7) is 10.9. The number of aromatic nitrogens is 2. The van der Waals surface area contributed by atoms with Gasteiger partial charge in [-0.25, -0.2) is 14.6 Å². The standard InChI is InChI=1S/C46H55N7O5/c1-26(2)38(51-43(55)57-6)42(54)52-25-46(17-18-46)22-37(52)40-47-24-36(49-40)32-14-13-30-19-29(11-12-31(30)20-32)27-7-9-28(10-8-27)35-23-48-41(50-35)39-33-15-16-34(21-33)53(39)44(56)58-45(3,4)5/h7-14,19-20,23,26,33-34,36-39H,15-18,21-22,24-25H2,1-6H3,(H,47,49)(H,48,50)(H,51,55)/t33?,34?,36?,37-,38-,39?/m0/s1. The summed E-state index contributed by atoms with van der Waals surface area (Å²) < 4.78 is 10.6. The number of methoxy groups -OCH3 is 1. The van der Waals surface area contributed by atoms with Gasteiger partial charge in [0.25, 0.3) is 0 Å². The summed E-state index contributed by atoms with van der Waals surface area (Å²) in [4.78, 5) is 56.5. The van der Waals surface area contributed by atoms with Gasteiger partial charge < -0.3 is 30.0 Å². The van der Waals surface area contributed by atoms with Gasteiger partial charge in [0, 0.05) is 12.6 Å². The number of aromatic amines is 1. The quantitative estimate of drug-likeness (QED) is 0.164. The molecule has 4 fully saturated rings. The lowest BCUT2D eigenvalue weighted by Gasteiger charge is -2.35. The predicted octanol–water partition coefficient (Wildman–Crippen LogP) is 8.16. The van der Waals surface area contributed by atoms with E-state index in [1.165, 1.54) is 7.11 Å². The van der Waals surface area contributed by atoms with Gasteiger partial charge in [-0.05, 0) is 122 Å². The molecule has 3 aliphatic heterocycles. The molecule has 0 radical (unpaired) electrons. The van der Waals surface area contributed by atoms with E-state index in [2.05, 4.69) is 76.3 Å². The smallest absolute Gasteiger partial charge is 0.411 e. The summed E-state index contributed by atoms with van der Waals surface area (Å²) in [5.41, 5.74) is 5.00. The normalized spacial score (nSPS) is 24.9. The molecule has 2 aliphatic carbocycles. The predicted molar refractivity (Wildman–Crippen MR) is 223 cm³/mol. The zero-order valence-corrected chi connectivity index (χ0v) is 34.4. The third-order valence-corrected chi connectivity index (χ3v) is 13.1. The highest BCUT2D eigenvalue weighted by atomic mass is 16.6. The molecule has 12 heteroatoms. The number of H-pyrrole nitrogens is 1. The number of amides is 3. The SMILES string of the molecule is COC(=O)N[C@H](C(=O)N1CC2(CC2)C[C@H]1C1=NCC(c2ccc3cc(-c4ccc(-c5cnc(C6C7CCC(C7)N6C(=O)OC(C)(C)C)[nH]5)cc4)ccc3c2)N1)C(C)C. The number of rotatable bonds is 8. The number of ether oxygens (including phenoxy) is 2. The highest BCUT2D eigenvalue weighted by Gasteiger charge is 2.56. The van der Waals surface area contributed by atoms with Crippen molar-refractivity contribution < 1.29 is 23.9 Å². The van der Waals surface area contributed by atoms with Gasteiger partial charge >= 0.3 is 12.2 Å². The number of hydrogen-bond donors (Lipinski definition) is 3. The van der Waals surface area contributed by atoms with Crippen LogP contribution in [0.15, 0.2) is 71.9 Å². The van der Waals surface area contributed by atoms with E-state index in [0.717, 1.165) is 88.9 Å². The number of hydrogen-bond acceptors (Lipinski definition) is 8. The van der Waals surface area contributed by atoms with Gasteiger partial charge in [0.2, 0.25) is 5.91 Å². The van der Waals surface area contributed by atoms with Crippen LogP contribution < -0.4 is 10.6 Å². The van der Waals surface area contributed by atoms with Crippen molar-refractivity contribution in [1.29, 1.82) is 0 Å². The van der Waals surface area contributed by atoms with E-state index in [9.17, 15) is 14.4 Å². The fourth-order valence-corrected chi connectivity index (χ4v) is 9.85. The van der Waals surface area contributed by atoms with Gasteiger partial charge in [-0.3, -0.25) is 14.7 Å². The fourth-order valence-electron chi connectivity index (χ4n) is 9.85. The summed E-state index contributed by atoms with van der Waals surface area (Å²) in [5.74, 6) is 1.92. The second-order valence-corrected chi connectivity index (χ2v) is 18.6. The second-order valence-electron chi connectivity index (χ2n) is 18.6. The summed E-state index contributed by atoms with van der Waals surface area (Å²) in [7, 11) is 1.32. The lowest BCUT2D eigenvalue weighted by atomic mass is 9.97. The van der Waals surface area contributed by atoms with Crippen LogP contribution in [0.25, 0.3) is 33.2 Å². The van der Waals surface area contributed by atoms with E-state index in [1.807, 2.05) is 50.6 Å². The maximum absolute atomic E-state index is 13.9. The van der Waals surface area contributed by atoms with Gasteiger partial charge in [-0.2, -0.15) is 0 Å². The van der Waals surface area contributed by atoms with Gasteiger partial charge in [0.15, 0.2) is 0 Å². The number of nitrogens with one attached hydrogen (secondary N) is 3. The van der Waals surface area contributed by atoms with E-state index < -0.39 is 17.7 Å². The molecule has 3 N–H and O–H groups in total. The molecule has 4 unspecified atom stereocenters. The first kappa shape index (κ1) is 38.1. The molecular weight excluding hydrogens is 731 g/mol. The largest absolute Gasteiger partial charge is 0.453 e. The average Bonchev–Trinajstić information content (AvgIpc) is 3.83. The molecule has 3 aromatic carbocycles. The van der Waals surface area contributed by atoms with Crippen molar-refractivity contribution in [3.63, 3.8) is 0 Å². The minimum absolute atomic E-state index is 0.0145. The number of benzene rings is 3. The Labute approximate surface area is 340 Å². The van der Waals surface area contributed by atoms with Gasteiger partial charge in [0.05, 0.1) is 43.7 Å². The highest BCUT2D eigenvalue weighted by molar-refractivity contribution is 5.96. The molecule has 1 spiro atoms. The maximum Gasteiger partial charge on any atom is 0.411 e. The zero-order valence-electron chi connectivity index (χ0n) is 34.4. The van der Waals surface area contributed by atoms with Crippen LogP contribution in [0.5, 0.6) is 0 Å². The minimum atomic E-state index is -0.661. The molecular formula is C46H55N7O5. The van der Waals surface area contributed by atoms with Crippen molar-refractivity contribution in [3.05, 3.63) is 78.2 Å². The first-order valence-corrected chi connectivity index (χ1v) is 20.9. The Morgan fingerprint density at radius 3 is 2.40 bits per heavy atom. The Morgan fingerprint density at radius 2 is 1.67 bits per heavy atom. The topological polar surface area (TPSA) is 141 Å². The lowest BCUT2D eigenvalue weighted by Crippen LogP contribution is -2.55. The molecule has 1 aromatic heterocycles. The van der Waals surface area contributed by atoms with E-state index in [0.29, 0.717) is 19.0 Å². The molecule has 304 valence electrons. The van der Waals surface area contributed by atoms with Crippen molar-refractivity contribution in [2.24, 2.45) is 22.2 Å². The first-order valence-electron chi connectivity index (χ1n) is 20.9. The van der Waals surface area contributed by atoms with Crippen LogP contribution in [0.2, 0.25) is 0 Å². The summed E-state index contributed by atoms with van der Waals surface area (Å²) in [6, 6.07) is 21.1. The third-order valence-electron chi connectivity index (χ3n) is 13.1. The molecule has 9 rings (SSSR count). The number of carbonyl (C=O) groups excluding carboxylic acids is 3. The van der Waals surface area contributed by atoms with E-state index in [1.54, 1.807) is 0 Å². The van der Waals surface area contributed by atoms with Crippen molar-refractivity contribution in [3.8, 4) is 22.4 Å². The van der Waals surface area contributed by atoms with Crippen molar-refractivity contribution in [1.82, 2.24) is 30.4 Å². The number of alkyl carbamates (subject to hydrolysis) is 1. The Kier molecular flexibility index (Phi) is 9.51. The number of imidazole rings is 1. The number of piperidine rings is 1. The minimum Gasteiger partial charge on any atom is -0.453 e. The maximum atomic E-state index is 13.9. The number of amidine groups is 1. The number of aliphatic imine (C=N–C) groups is 1. The van der Waals surface area contributed by atoms with Crippen molar-refractivity contribution in [2.75, 3.05) is 20.2 Å². The molecule has 12 nitrogen and oxygen atoms in total. The number of fused-ring (bicyclic) bond motifs is 3. The van der Waals surface area contributed by atoms with Crippen LogP contribution in [0.4, 0.5) is 9.59 Å². The molecule has 2 saturated carbocycles. The molecule has 2 bridgehead atoms. The molecule has 4 aromatic rings. The number of carbonyl (C=O) groups is 3. The Bertz CT molecular complexity index is 2270. The van der Waals surface area contributed by atoms with E-state index in [-0.39, 0.29) is 47.5 Å². The molecule has 6 atom stereocenters. The van der Waals surface area contributed by atoms with Crippen LogP contribution in [0, 0.1) is 17.3 Å². The van der Waals surface area contributed by atoms with E-state index in [4.69, 9.17) is 19.5 Å². The first-order chi connectivity index (χ1) is 27.8. The Hall–Kier alpha value is -5.39. The molecule has 3 amide bonds. The van der Waals surface area contributed by atoms with E-state index >= 15 is 0 Å². The number of nitrogens with zero attached hydrogens (tertiary/aromatic N) is 4. The number of likely N-dealkylation sites (tertiary alicyclic amines) is 2. The third kappa shape index (κ3) is 7.19. The molecule has 58 heavy (non-hydrogen) atoms. The summed E-state index contributed by atoms with van der Waals surface area (Å²) >= 11 is 0. The molecule has 2 saturated heterocycles. The fraction of sp³-hybridized carbons (Fsp3) is 0.500. The van der Waals surface area contributed by atoms with Gasteiger partial charge in [0.1, 0.15) is 23.3 Å². The van der Waals surface area contributed by atoms with Crippen molar-refractivity contribution in [2.45, 2.75) is 109 Å². The van der Waals surface area contributed by atoms with Crippen LogP contribution in [0.3, 0.4) is 0 Å². The molecule has 4 heterocycles. The van der Waals surface area contributed by atoms with Crippen molar-refractivity contribution >= 4 is 34.7 Å². The second kappa shape index (κ2) is 14.5. The Morgan fingerprint density at radius 1 is 0.948 bits per heavy atom. The van der Waals surface area contributed by atoms with Crippen LogP contribution in [0.1, 0.15) is 96.6 Å². The van der Waals surface area contributed by atoms with Crippen LogP contribution in [-0.2, 0) is 14.3 Å².